The van der Waals surface area contributed by atoms with Gasteiger partial charge in [0.2, 0.25) is 11.7 Å². The maximum absolute atomic E-state index is 14.7. The lowest BCUT2D eigenvalue weighted by Gasteiger charge is -2.30. The van der Waals surface area contributed by atoms with Crippen molar-refractivity contribution in [2.75, 3.05) is 20.3 Å². The van der Waals surface area contributed by atoms with E-state index in [4.69, 9.17) is 26.8 Å². The van der Waals surface area contributed by atoms with Crippen molar-refractivity contribution in [1.29, 1.82) is 0 Å². The third-order valence-electron chi connectivity index (χ3n) is 9.23. The molecule has 7 rings (SSSR count). The number of nitrogens with one attached hydrogen (secondary N) is 1. The Hall–Kier alpha value is -4.36. The molecule has 3 aliphatic rings. The molecule has 0 bridgehead atoms. The molecule has 3 heterocycles. The summed E-state index contributed by atoms with van der Waals surface area (Å²) in [6, 6.07) is 6.21. The standard InChI is InChI=1S/C32H29ClF3N5O5/c1-30(29(37)43)14-46-27-19(30)10-24(39-26(27)18-9-21(34)22(35)11-20(18)33)32(44,17-3-4-17)13-38-28(42)15-7-16-12-41(31(36)5-6-31)40-25(16)23(8-15)45-2/h7-12,17,44H,3-6,13-14H2,1-2H3,(H2,37,43)(H,38,42)/t30-,32?/m0/s1. The second-order valence-corrected chi connectivity index (χ2v) is 12.9. The normalized spacial score (nSPS) is 20.9. The van der Waals surface area contributed by atoms with Gasteiger partial charge in [-0.1, -0.05) is 11.6 Å². The van der Waals surface area contributed by atoms with Crippen LogP contribution in [-0.2, 0) is 21.6 Å². The first-order valence-electron chi connectivity index (χ1n) is 14.7. The first kappa shape index (κ1) is 30.3. The van der Waals surface area contributed by atoms with Gasteiger partial charge in [0.05, 0.1) is 24.4 Å². The SMILES string of the molecule is COc1cc(C(=O)NCC(O)(c2cc3c(c(-c4cc(F)c(F)cc4Cl)n2)OC[C@]3(C)C(N)=O)C2CC2)cc2cn(C3(F)CC3)nc12. The maximum Gasteiger partial charge on any atom is 0.251 e. The van der Waals surface area contributed by atoms with E-state index in [0.29, 0.717) is 42.1 Å². The molecule has 14 heteroatoms. The number of carbonyl (C=O) groups is 2. The number of hydrogen-bond donors (Lipinski definition) is 3. The molecule has 2 saturated carbocycles. The number of carbonyl (C=O) groups excluding carboxylic acids is 2. The highest BCUT2D eigenvalue weighted by molar-refractivity contribution is 6.33. The van der Waals surface area contributed by atoms with Gasteiger partial charge < -0.3 is 25.6 Å². The lowest BCUT2D eigenvalue weighted by atomic mass is 9.81. The Morgan fingerprint density at radius 3 is 2.59 bits per heavy atom. The third-order valence-corrected chi connectivity index (χ3v) is 9.54. The van der Waals surface area contributed by atoms with E-state index in [0.717, 1.165) is 12.1 Å². The molecule has 10 nitrogen and oxygen atoms in total. The van der Waals surface area contributed by atoms with E-state index >= 15 is 0 Å². The molecule has 2 aromatic carbocycles. The summed E-state index contributed by atoms with van der Waals surface area (Å²) in [7, 11) is 1.42. The maximum atomic E-state index is 14.7. The van der Waals surface area contributed by atoms with Crippen LogP contribution in [0.15, 0.2) is 36.5 Å². The minimum absolute atomic E-state index is 0.0136. The molecule has 1 unspecified atom stereocenters. The van der Waals surface area contributed by atoms with Gasteiger partial charge in [0, 0.05) is 41.1 Å². The fourth-order valence-electron chi connectivity index (χ4n) is 5.95. The molecule has 2 atom stereocenters. The summed E-state index contributed by atoms with van der Waals surface area (Å²) in [4.78, 5) is 30.8. The summed E-state index contributed by atoms with van der Waals surface area (Å²) >= 11 is 6.33. The number of methoxy groups -OCH3 is 1. The van der Waals surface area contributed by atoms with Crippen molar-refractivity contribution in [1.82, 2.24) is 20.1 Å². The van der Waals surface area contributed by atoms with E-state index < -0.39 is 40.3 Å². The number of benzene rings is 2. The molecule has 0 spiro atoms. The minimum atomic E-state index is -1.75. The van der Waals surface area contributed by atoms with E-state index in [1.165, 1.54) is 30.1 Å². The van der Waals surface area contributed by atoms with Gasteiger partial charge in [-0.05, 0) is 56.0 Å². The number of primary amides is 1. The third kappa shape index (κ3) is 4.75. The Bertz CT molecular complexity index is 1960. The number of alkyl halides is 1. The Labute approximate surface area is 265 Å². The Balaban J connectivity index is 1.27. The van der Waals surface area contributed by atoms with Crippen LogP contribution in [0.3, 0.4) is 0 Å². The van der Waals surface area contributed by atoms with Crippen LogP contribution in [0, 0.1) is 17.6 Å². The second-order valence-electron chi connectivity index (χ2n) is 12.5. The fourth-order valence-corrected chi connectivity index (χ4v) is 6.19. The summed E-state index contributed by atoms with van der Waals surface area (Å²) in [6.07, 6.45) is 3.45. The number of pyridine rings is 1. The van der Waals surface area contributed by atoms with E-state index in [2.05, 4.69) is 15.4 Å². The van der Waals surface area contributed by atoms with Crippen molar-refractivity contribution in [3.8, 4) is 22.8 Å². The molecule has 2 fully saturated rings. The van der Waals surface area contributed by atoms with Crippen LogP contribution in [0.2, 0.25) is 5.02 Å². The molecule has 46 heavy (non-hydrogen) atoms. The van der Waals surface area contributed by atoms with E-state index in [1.807, 2.05) is 0 Å². The molecule has 2 aliphatic carbocycles. The number of aromatic nitrogens is 3. The Kier molecular flexibility index (Phi) is 6.80. The largest absolute Gasteiger partial charge is 0.494 e. The number of aliphatic hydroxyl groups is 1. The number of hydrogen-bond acceptors (Lipinski definition) is 7. The molecule has 4 N–H and O–H groups in total. The Morgan fingerprint density at radius 2 is 1.93 bits per heavy atom. The predicted octanol–water partition coefficient (Wildman–Crippen LogP) is 4.62. The summed E-state index contributed by atoms with van der Waals surface area (Å²) in [5.41, 5.74) is 3.60. The zero-order valence-electron chi connectivity index (χ0n) is 24.8. The monoisotopic (exact) mass is 655 g/mol. The van der Waals surface area contributed by atoms with Crippen molar-refractivity contribution >= 4 is 34.3 Å². The number of fused-ring (bicyclic) bond motifs is 2. The average Bonchev–Trinajstić information content (AvgIpc) is 3.95. The molecule has 1 aliphatic heterocycles. The molecule has 240 valence electrons. The van der Waals surface area contributed by atoms with Crippen LogP contribution in [-0.4, -0.2) is 51.9 Å². The van der Waals surface area contributed by atoms with Gasteiger partial charge in [0.1, 0.15) is 40.3 Å². The van der Waals surface area contributed by atoms with Crippen molar-refractivity contribution < 1.29 is 37.3 Å². The van der Waals surface area contributed by atoms with E-state index in [9.17, 15) is 27.9 Å². The molecule has 4 aromatic rings. The highest BCUT2D eigenvalue weighted by Gasteiger charge is 2.50. The van der Waals surface area contributed by atoms with Crippen LogP contribution >= 0.6 is 11.6 Å². The number of ether oxygens (including phenoxy) is 2. The minimum Gasteiger partial charge on any atom is -0.494 e. The number of rotatable bonds is 9. The first-order chi connectivity index (χ1) is 21.8. The van der Waals surface area contributed by atoms with Gasteiger partial charge >= 0.3 is 0 Å². The number of nitrogens with zero attached hydrogens (tertiary/aromatic N) is 3. The summed E-state index contributed by atoms with van der Waals surface area (Å²) in [5.74, 6) is -5.11. The molecule has 2 aromatic heterocycles. The zero-order chi connectivity index (χ0) is 32.8. The van der Waals surface area contributed by atoms with Crippen LogP contribution < -0.4 is 20.5 Å². The topological polar surface area (TPSA) is 142 Å². The van der Waals surface area contributed by atoms with E-state index in [1.54, 1.807) is 13.0 Å². The second kappa shape index (κ2) is 10.3. The molecule has 0 radical (unpaired) electrons. The predicted molar refractivity (Wildman–Crippen MR) is 160 cm³/mol. The molecule has 2 amide bonds. The van der Waals surface area contributed by atoms with Gasteiger partial charge in [-0.25, -0.2) is 22.8 Å². The quantitative estimate of drug-likeness (QED) is 0.224. The van der Waals surface area contributed by atoms with Crippen LogP contribution in [0.4, 0.5) is 13.2 Å². The van der Waals surface area contributed by atoms with Crippen molar-refractivity contribution in [2.24, 2.45) is 11.7 Å². The number of nitrogens with two attached hydrogens (primary N) is 1. The van der Waals surface area contributed by atoms with Gasteiger partial charge in [-0.3, -0.25) is 9.59 Å². The zero-order valence-corrected chi connectivity index (χ0v) is 25.6. The summed E-state index contributed by atoms with van der Waals surface area (Å²) < 4.78 is 55.6. The van der Waals surface area contributed by atoms with Crippen LogP contribution in [0.25, 0.3) is 22.2 Å². The number of halogens is 4. The average molecular weight is 656 g/mol. The molecule has 0 saturated heterocycles. The highest BCUT2D eigenvalue weighted by Crippen LogP contribution is 2.51. The van der Waals surface area contributed by atoms with Crippen LogP contribution in [0.1, 0.15) is 54.2 Å². The van der Waals surface area contributed by atoms with Gasteiger partial charge in [-0.2, -0.15) is 5.10 Å². The van der Waals surface area contributed by atoms with E-state index in [-0.39, 0.29) is 58.1 Å². The van der Waals surface area contributed by atoms with Gasteiger partial charge in [0.15, 0.2) is 11.6 Å². The first-order valence-corrected chi connectivity index (χ1v) is 15.1. The fraction of sp³-hybridized carbons (Fsp3) is 0.375. The molecular weight excluding hydrogens is 627 g/mol. The molecular formula is C32H29ClF3N5O5. The Morgan fingerprint density at radius 1 is 1.22 bits per heavy atom. The van der Waals surface area contributed by atoms with Crippen molar-refractivity contribution in [3.63, 3.8) is 0 Å². The van der Waals surface area contributed by atoms with Crippen molar-refractivity contribution in [2.45, 2.75) is 49.4 Å². The van der Waals surface area contributed by atoms with Gasteiger partial charge in [-0.15, -0.1) is 0 Å². The highest BCUT2D eigenvalue weighted by atomic mass is 35.5. The summed E-state index contributed by atoms with van der Waals surface area (Å²) in [6.45, 7) is 1.12. The van der Waals surface area contributed by atoms with Crippen molar-refractivity contribution in [3.05, 3.63) is 70.0 Å². The van der Waals surface area contributed by atoms with Gasteiger partial charge in [0.25, 0.3) is 5.91 Å². The smallest absolute Gasteiger partial charge is 0.251 e. The van der Waals surface area contributed by atoms with Crippen LogP contribution in [0.5, 0.6) is 11.5 Å². The lowest BCUT2D eigenvalue weighted by Crippen LogP contribution is -2.44. The number of amides is 2. The summed E-state index contributed by atoms with van der Waals surface area (Å²) in [5, 5.41) is 19.6. The lowest BCUT2D eigenvalue weighted by molar-refractivity contribution is -0.123.